The molecule has 0 N–H and O–H groups in total. The van der Waals surface area contributed by atoms with Crippen LogP contribution in [0.15, 0.2) is 67.3 Å². The van der Waals surface area contributed by atoms with E-state index in [4.69, 9.17) is 24.5 Å². The molecule has 16 heteroatoms. The van der Waals surface area contributed by atoms with Gasteiger partial charge in [0.2, 0.25) is 11.6 Å². The first-order valence-corrected chi connectivity index (χ1v) is 12.7. The second-order valence-corrected chi connectivity index (χ2v) is 8.80. The fraction of sp³-hybridized carbons (Fsp3) is 0.100. The number of benzene rings is 2. The van der Waals surface area contributed by atoms with Gasteiger partial charge in [-0.25, -0.2) is 46.3 Å². The van der Waals surface area contributed by atoms with Crippen molar-refractivity contribution >= 4 is 5.97 Å². The molecule has 1 unspecified atom stereocenters. The third-order valence-electron chi connectivity index (χ3n) is 6.30. The summed E-state index contributed by atoms with van der Waals surface area (Å²) in [6.07, 6.45) is 0. The van der Waals surface area contributed by atoms with E-state index in [0.717, 1.165) is 0 Å². The molecule has 2 aliphatic heterocycles. The number of allylic oxidation sites excluding steroid dienone is 1. The largest absolute Gasteiger partial charge is 0.564 e. The Morgan fingerprint density at radius 2 is 1.33 bits per heavy atom. The molecule has 0 saturated heterocycles. The van der Waals surface area contributed by atoms with Gasteiger partial charge in [0.15, 0.2) is 23.0 Å². The molecule has 2 aromatic carbocycles. The normalized spacial score (nSPS) is 12.1. The summed E-state index contributed by atoms with van der Waals surface area (Å²) in [4.78, 5) is 52.2. The SMILES string of the molecule is [C-]#[N+]C([N+]#[C-])=C1N=c2ccc(-c3nc(-c4ccc5c(c4C#N)=NC(=C(C#N)C#N)N=5)nc(C([N+]#[C-])C(=O)OCC)n3)c(C#N)c2=N1. The van der Waals surface area contributed by atoms with Gasteiger partial charge in [0, 0.05) is 11.1 Å². The molecular formula is C30H10N14O2. The number of carbonyl (C=O) groups is 1. The summed E-state index contributed by atoms with van der Waals surface area (Å²) in [6.45, 7) is 23.6. The lowest BCUT2D eigenvalue weighted by Crippen LogP contribution is -2.26. The Kier molecular flexibility index (Phi) is 7.77. The molecule has 0 fully saturated rings. The van der Waals surface area contributed by atoms with Gasteiger partial charge in [0.05, 0.1) is 28.4 Å². The molecule has 0 amide bonds. The van der Waals surface area contributed by atoms with Gasteiger partial charge in [0.1, 0.15) is 48.1 Å². The van der Waals surface area contributed by atoms with Crippen LogP contribution in [0.1, 0.15) is 29.9 Å². The van der Waals surface area contributed by atoms with Crippen LogP contribution in [0.5, 0.6) is 0 Å². The molecule has 5 rings (SSSR count). The number of nitriles is 4. The number of hydrogen-bond acceptors (Lipinski definition) is 13. The lowest BCUT2D eigenvalue weighted by molar-refractivity contribution is -0.143. The zero-order chi connectivity index (χ0) is 33.0. The predicted molar refractivity (Wildman–Crippen MR) is 149 cm³/mol. The van der Waals surface area contributed by atoms with Crippen molar-refractivity contribution in [3.05, 3.63) is 120 Å². The molecule has 0 saturated carbocycles. The van der Waals surface area contributed by atoms with Crippen LogP contribution in [0.2, 0.25) is 0 Å². The highest BCUT2D eigenvalue weighted by molar-refractivity contribution is 5.79. The van der Waals surface area contributed by atoms with Crippen LogP contribution in [-0.4, -0.2) is 27.5 Å². The summed E-state index contributed by atoms with van der Waals surface area (Å²) in [5, 5.41) is 39.3. The van der Waals surface area contributed by atoms with E-state index in [-0.39, 0.29) is 85.0 Å². The van der Waals surface area contributed by atoms with E-state index in [1.165, 1.54) is 24.3 Å². The summed E-state index contributed by atoms with van der Waals surface area (Å²) in [7, 11) is 0. The summed E-state index contributed by atoms with van der Waals surface area (Å²) < 4.78 is 5.04. The summed E-state index contributed by atoms with van der Waals surface area (Å²) in [5.41, 5.74) is -0.366. The van der Waals surface area contributed by atoms with E-state index < -0.39 is 17.8 Å². The fourth-order valence-corrected chi connectivity index (χ4v) is 4.31. The number of esters is 1. The van der Waals surface area contributed by atoms with Gasteiger partial charge in [0.25, 0.3) is 0 Å². The van der Waals surface area contributed by atoms with E-state index in [9.17, 15) is 25.8 Å². The van der Waals surface area contributed by atoms with E-state index in [2.05, 4.69) is 49.5 Å². The van der Waals surface area contributed by atoms with Crippen LogP contribution < -0.4 is 21.4 Å². The second-order valence-electron chi connectivity index (χ2n) is 8.80. The zero-order valence-electron chi connectivity index (χ0n) is 23.2. The first-order chi connectivity index (χ1) is 22.3. The molecular weight excluding hydrogens is 588 g/mol. The molecule has 1 atom stereocenters. The number of carbonyl (C=O) groups excluding carboxylic acids is 1. The van der Waals surface area contributed by atoms with E-state index >= 15 is 0 Å². The molecule has 1 aromatic heterocycles. The van der Waals surface area contributed by atoms with Crippen molar-refractivity contribution < 1.29 is 9.53 Å². The van der Waals surface area contributed by atoms with Gasteiger partial charge in [-0.3, -0.25) is 4.85 Å². The minimum Gasteiger partial charge on any atom is -0.460 e. The van der Waals surface area contributed by atoms with Crippen LogP contribution >= 0.6 is 0 Å². The van der Waals surface area contributed by atoms with Gasteiger partial charge in [-0.2, -0.15) is 30.7 Å². The predicted octanol–water partition coefficient (Wildman–Crippen LogP) is 1.20. The van der Waals surface area contributed by atoms with Gasteiger partial charge in [-0.05, 0) is 31.2 Å². The first-order valence-electron chi connectivity index (χ1n) is 12.7. The Labute approximate surface area is 258 Å². The third kappa shape index (κ3) is 4.90. The Balaban J connectivity index is 1.83. The van der Waals surface area contributed by atoms with Crippen molar-refractivity contribution in [2.75, 3.05) is 6.61 Å². The standard InChI is InChI=1S/C30H10N14O2/c1-5-46-30(45)23(35-2)27-43-25(15-6-8-19-21(17(15)12-33)40-24(38-19)14(10-31)11-32)42-26(44-27)16-7-9-20-22(18(16)13-34)41-29(39-20)28(36-3)37-4/h6-9,23H,5H2,1H3. The summed E-state index contributed by atoms with van der Waals surface area (Å²) >= 11 is 0. The smallest absolute Gasteiger partial charge is 0.460 e. The van der Waals surface area contributed by atoms with Crippen molar-refractivity contribution in [1.82, 2.24) is 15.0 Å². The number of nitrogens with zero attached hydrogens (tertiary/aromatic N) is 14. The van der Waals surface area contributed by atoms with Crippen LogP contribution in [0.3, 0.4) is 0 Å². The molecule has 0 bridgehead atoms. The summed E-state index contributed by atoms with van der Waals surface area (Å²) in [5.74, 6) is -2.39. The molecule has 0 spiro atoms. The number of fused-ring (bicyclic) bond motifs is 2. The van der Waals surface area contributed by atoms with Gasteiger partial charge in [-0.15, -0.1) is 0 Å². The number of rotatable bonds is 5. The molecule has 3 aromatic rings. The number of ether oxygens (including phenoxy) is 1. The van der Waals surface area contributed by atoms with Gasteiger partial charge >= 0.3 is 17.8 Å². The summed E-state index contributed by atoms with van der Waals surface area (Å²) in [6, 6.07) is 11.6. The highest BCUT2D eigenvalue weighted by Crippen LogP contribution is 2.27. The maximum atomic E-state index is 12.7. The minimum atomic E-state index is -1.64. The van der Waals surface area contributed by atoms with E-state index in [0.29, 0.717) is 0 Å². The molecule has 0 aliphatic carbocycles. The lowest BCUT2D eigenvalue weighted by Gasteiger charge is -2.10. The Bertz CT molecular complexity index is 2360. The van der Waals surface area contributed by atoms with Gasteiger partial charge in [-0.1, -0.05) is 0 Å². The fourth-order valence-electron chi connectivity index (χ4n) is 4.31. The van der Waals surface area contributed by atoms with E-state index in [1.54, 1.807) is 19.1 Å². The lowest BCUT2D eigenvalue weighted by atomic mass is 10.0. The van der Waals surface area contributed by atoms with Gasteiger partial charge < -0.3 is 4.74 Å². The molecule has 212 valence electrons. The van der Waals surface area contributed by atoms with Crippen molar-refractivity contribution in [3.8, 4) is 47.1 Å². The van der Waals surface area contributed by atoms with Crippen molar-refractivity contribution in [2.24, 2.45) is 20.0 Å². The maximum Gasteiger partial charge on any atom is 0.564 e. The molecule has 0 radical (unpaired) electrons. The van der Waals surface area contributed by atoms with Crippen molar-refractivity contribution in [3.63, 3.8) is 0 Å². The van der Waals surface area contributed by atoms with Crippen molar-refractivity contribution in [1.29, 1.82) is 21.0 Å². The number of hydrogen-bond donors (Lipinski definition) is 0. The third-order valence-corrected chi connectivity index (χ3v) is 6.30. The van der Waals surface area contributed by atoms with Crippen LogP contribution in [-0.2, 0) is 9.53 Å². The topological polar surface area (TPSA) is 223 Å². The molecule has 46 heavy (non-hydrogen) atoms. The average molecular weight is 599 g/mol. The Morgan fingerprint density at radius 3 is 1.78 bits per heavy atom. The van der Waals surface area contributed by atoms with Crippen molar-refractivity contribution in [2.45, 2.75) is 13.0 Å². The molecule has 3 heterocycles. The highest BCUT2D eigenvalue weighted by atomic mass is 16.5. The Hall–Kier alpha value is -7.97. The highest BCUT2D eigenvalue weighted by Gasteiger charge is 2.33. The van der Waals surface area contributed by atoms with E-state index in [1.807, 2.05) is 12.1 Å². The molecule has 2 aliphatic rings. The average Bonchev–Trinajstić information content (AvgIpc) is 3.70. The molecule has 16 nitrogen and oxygen atoms in total. The first kappa shape index (κ1) is 29.5. The van der Waals surface area contributed by atoms with Crippen LogP contribution in [0, 0.1) is 65.0 Å². The maximum absolute atomic E-state index is 12.7. The quantitative estimate of drug-likeness (QED) is 0.233. The Morgan fingerprint density at radius 1 is 0.804 bits per heavy atom. The zero-order valence-corrected chi connectivity index (χ0v) is 23.2. The van der Waals surface area contributed by atoms with Crippen LogP contribution in [0.25, 0.3) is 37.3 Å². The number of aromatic nitrogens is 3. The second kappa shape index (κ2) is 12.1. The minimum absolute atomic E-state index is 0.0330. The van der Waals surface area contributed by atoms with Crippen LogP contribution in [0.4, 0.5) is 0 Å². The monoisotopic (exact) mass is 598 g/mol.